The van der Waals surface area contributed by atoms with Crippen molar-refractivity contribution >= 4 is 34.3 Å². The lowest BCUT2D eigenvalue weighted by molar-refractivity contribution is -0.152. The molecule has 0 aliphatic carbocycles. The van der Waals surface area contributed by atoms with Crippen LogP contribution >= 0.6 is 11.6 Å². The van der Waals surface area contributed by atoms with Crippen LogP contribution in [-0.2, 0) is 14.3 Å². The molecule has 5 rings (SSSR count). The Morgan fingerprint density at radius 3 is 2.76 bits per heavy atom. The van der Waals surface area contributed by atoms with Gasteiger partial charge >= 0.3 is 5.97 Å². The van der Waals surface area contributed by atoms with Crippen LogP contribution in [0.3, 0.4) is 0 Å². The third-order valence-electron chi connectivity index (χ3n) is 6.42. The zero-order chi connectivity index (χ0) is 23.1. The van der Waals surface area contributed by atoms with Crippen molar-refractivity contribution in [3.8, 4) is 11.5 Å². The minimum absolute atomic E-state index is 0.0191. The van der Waals surface area contributed by atoms with E-state index in [1.165, 1.54) is 0 Å². The van der Waals surface area contributed by atoms with Crippen molar-refractivity contribution in [3.05, 3.63) is 59.3 Å². The maximum atomic E-state index is 13.3. The summed E-state index contributed by atoms with van der Waals surface area (Å²) in [6, 6.07) is 12.7. The molecule has 3 atom stereocenters. The van der Waals surface area contributed by atoms with Gasteiger partial charge in [-0.05, 0) is 36.2 Å². The fourth-order valence-electron chi connectivity index (χ4n) is 5.11. The zero-order valence-electron chi connectivity index (χ0n) is 18.5. The van der Waals surface area contributed by atoms with Crippen LogP contribution in [0.2, 0.25) is 0 Å². The molecule has 1 N–H and O–H groups in total. The molecule has 0 fully saturated rings. The van der Waals surface area contributed by atoms with Crippen LogP contribution in [0.4, 0.5) is 0 Å². The summed E-state index contributed by atoms with van der Waals surface area (Å²) in [6.07, 6.45) is 0. The molecule has 1 aromatic heterocycles. The molecule has 0 spiro atoms. The minimum Gasteiger partial charge on any atom is -0.465 e. The fraction of sp³-hybridized carbons (Fsp3) is 0.360. The van der Waals surface area contributed by atoms with Gasteiger partial charge in [0.05, 0.1) is 25.1 Å². The average Bonchev–Trinajstić information content (AvgIpc) is 3.43. The molecule has 172 valence electrons. The van der Waals surface area contributed by atoms with Crippen molar-refractivity contribution in [3.63, 3.8) is 0 Å². The number of fused-ring (bicyclic) bond motifs is 4. The van der Waals surface area contributed by atoms with Gasteiger partial charge in [-0.1, -0.05) is 31.2 Å². The van der Waals surface area contributed by atoms with E-state index in [0.29, 0.717) is 11.5 Å². The van der Waals surface area contributed by atoms with Crippen LogP contribution in [0.25, 0.3) is 10.9 Å². The Morgan fingerprint density at radius 2 is 1.97 bits per heavy atom. The Hall–Kier alpha value is -3.03. The van der Waals surface area contributed by atoms with Crippen molar-refractivity contribution in [2.45, 2.75) is 31.8 Å². The first-order chi connectivity index (χ1) is 16.0. The molecule has 2 aliphatic heterocycles. The molecule has 0 unspecified atom stereocenters. The highest BCUT2D eigenvalue weighted by atomic mass is 35.5. The Kier molecular flexibility index (Phi) is 5.76. The van der Waals surface area contributed by atoms with Crippen molar-refractivity contribution in [1.82, 2.24) is 9.88 Å². The van der Waals surface area contributed by atoms with Crippen molar-refractivity contribution in [2.24, 2.45) is 0 Å². The summed E-state index contributed by atoms with van der Waals surface area (Å²) in [6.45, 7) is 4.23. The number of nitrogens with zero attached hydrogens (tertiary/aromatic N) is 1. The van der Waals surface area contributed by atoms with Crippen LogP contribution in [-0.4, -0.2) is 53.5 Å². The average molecular weight is 469 g/mol. The van der Waals surface area contributed by atoms with E-state index in [1.54, 1.807) is 6.92 Å². The van der Waals surface area contributed by atoms with E-state index in [2.05, 4.69) is 11.1 Å². The van der Waals surface area contributed by atoms with E-state index in [1.807, 2.05) is 48.2 Å². The van der Waals surface area contributed by atoms with Gasteiger partial charge in [-0.15, -0.1) is 11.6 Å². The highest BCUT2D eigenvalue weighted by Crippen LogP contribution is 2.47. The number of hydrogen-bond acceptors (Lipinski definition) is 6. The summed E-state index contributed by atoms with van der Waals surface area (Å²) in [5.41, 5.74) is 3.87. The number of carbonyl (C=O) groups is 2. The Bertz CT molecular complexity index is 1220. The topological polar surface area (TPSA) is 80.9 Å². The molecule has 3 heterocycles. The second kappa shape index (κ2) is 8.72. The third-order valence-corrected chi connectivity index (χ3v) is 6.71. The molecular weight excluding hydrogens is 444 g/mol. The van der Waals surface area contributed by atoms with Crippen LogP contribution in [0.15, 0.2) is 42.5 Å². The highest BCUT2D eigenvalue weighted by molar-refractivity contribution is 6.27. The van der Waals surface area contributed by atoms with Crippen LogP contribution in [0.1, 0.15) is 42.6 Å². The molecule has 0 saturated heterocycles. The predicted molar refractivity (Wildman–Crippen MR) is 124 cm³/mol. The first-order valence-electron chi connectivity index (χ1n) is 11.0. The normalized spacial score (nSPS) is 21.7. The third kappa shape index (κ3) is 3.65. The van der Waals surface area contributed by atoms with E-state index >= 15 is 0 Å². The number of halogens is 1. The lowest BCUT2D eigenvalue weighted by Crippen LogP contribution is -2.52. The first-order valence-corrected chi connectivity index (χ1v) is 11.6. The van der Waals surface area contributed by atoms with E-state index in [9.17, 15) is 9.59 Å². The molecule has 3 aromatic rings. The number of alkyl halides is 1. The maximum Gasteiger partial charge on any atom is 0.324 e. The number of para-hydroxylation sites is 1. The monoisotopic (exact) mass is 468 g/mol. The molecule has 2 aliphatic rings. The van der Waals surface area contributed by atoms with Crippen molar-refractivity contribution in [1.29, 1.82) is 0 Å². The molecule has 0 radical (unpaired) electrons. The highest BCUT2D eigenvalue weighted by Gasteiger charge is 2.46. The van der Waals surface area contributed by atoms with Crippen LogP contribution in [0, 0.1) is 0 Å². The number of hydrogen-bond donors (Lipinski definition) is 1. The number of benzene rings is 2. The summed E-state index contributed by atoms with van der Waals surface area (Å²) in [5.74, 6) is 0.458. The number of nitrogens with one attached hydrogen (secondary N) is 1. The first kappa shape index (κ1) is 21.8. The number of H-pyrrole nitrogens is 1. The Labute approximate surface area is 196 Å². The molecule has 7 nitrogen and oxygen atoms in total. The lowest BCUT2D eigenvalue weighted by Gasteiger charge is -2.43. The summed E-state index contributed by atoms with van der Waals surface area (Å²) >= 11 is 5.89. The SMILES string of the molecule is CCOC(=O)[C@H]1[C@H](C)c2c([nH]c3ccccc23)[C@H](c2ccc3c(c2)OCO3)N1CC(=O)CCl. The molecule has 0 amide bonds. The number of Topliss-reactive ketones (excluding diaryl/α,β-unsaturated/α-hetero) is 1. The smallest absolute Gasteiger partial charge is 0.324 e. The Morgan fingerprint density at radius 1 is 1.18 bits per heavy atom. The number of ketones is 1. The number of esters is 1. The number of carbonyl (C=O) groups excluding carboxylic acids is 2. The van der Waals surface area contributed by atoms with Gasteiger partial charge in [0, 0.05) is 22.5 Å². The molecular formula is C25H25ClN2O5. The number of aromatic amines is 1. The fourth-order valence-corrected chi connectivity index (χ4v) is 5.19. The predicted octanol–water partition coefficient (Wildman–Crippen LogP) is 4.14. The summed E-state index contributed by atoms with van der Waals surface area (Å²) < 4.78 is 16.6. The van der Waals surface area contributed by atoms with Gasteiger partial charge in [-0.2, -0.15) is 0 Å². The van der Waals surface area contributed by atoms with Gasteiger partial charge in [-0.25, -0.2) is 0 Å². The molecule has 2 aromatic carbocycles. The molecule has 33 heavy (non-hydrogen) atoms. The summed E-state index contributed by atoms with van der Waals surface area (Å²) in [7, 11) is 0. The van der Waals surface area contributed by atoms with E-state index < -0.39 is 12.1 Å². The summed E-state index contributed by atoms with van der Waals surface area (Å²) in [5, 5.41) is 1.06. The summed E-state index contributed by atoms with van der Waals surface area (Å²) in [4.78, 5) is 31.3. The van der Waals surface area contributed by atoms with Gasteiger partial charge in [0.1, 0.15) is 6.04 Å². The standard InChI is InChI=1S/C25H25ClN2O5/c1-3-31-25(30)23-14(2)21-17-6-4-5-7-18(17)27-22(21)24(28(23)12-16(29)11-26)15-8-9-19-20(10-15)33-13-32-19/h4-10,14,23-24,27H,3,11-13H2,1-2H3/t14-,23-,24+/m1/s1. The lowest BCUT2D eigenvalue weighted by atomic mass is 9.80. The van der Waals surface area contributed by atoms with Gasteiger partial charge in [0.15, 0.2) is 17.3 Å². The minimum atomic E-state index is -0.653. The van der Waals surface area contributed by atoms with Gasteiger partial charge < -0.3 is 19.2 Å². The second-order valence-electron chi connectivity index (χ2n) is 8.34. The Balaban J connectivity index is 1.74. The van der Waals surface area contributed by atoms with E-state index in [4.69, 9.17) is 25.8 Å². The van der Waals surface area contributed by atoms with Crippen LogP contribution < -0.4 is 9.47 Å². The van der Waals surface area contributed by atoms with Crippen molar-refractivity contribution < 1.29 is 23.8 Å². The molecule has 8 heteroatoms. The van der Waals surface area contributed by atoms with Gasteiger partial charge in [0.2, 0.25) is 6.79 Å². The quantitative estimate of drug-likeness (QED) is 0.432. The van der Waals surface area contributed by atoms with Gasteiger partial charge in [-0.3, -0.25) is 14.5 Å². The van der Waals surface area contributed by atoms with Crippen molar-refractivity contribution in [2.75, 3.05) is 25.8 Å². The number of rotatable bonds is 6. The maximum absolute atomic E-state index is 13.3. The number of aromatic nitrogens is 1. The zero-order valence-corrected chi connectivity index (χ0v) is 19.2. The largest absolute Gasteiger partial charge is 0.465 e. The second-order valence-corrected chi connectivity index (χ2v) is 8.61. The van der Waals surface area contributed by atoms with E-state index in [-0.39, 0.29) is 43.5 Å². The number of ether oxygens (including phenoxy) is 3. The van der Waals surface area contributed by atoms with Crippen LogP contribution in [0.5, 0.6) is 11.5 Å². The van der Waals surface area contributed by atoms with E-state index in [0.717, 1.165) is 27.7 Å². The van der Waals surface area contributed by atoms with Gasteiger partial charge in [0.25, 0.3) is 0 Å². The molecule has 0 saturated carbocycles. The molecule has 0 bridgehead atoms.